The van der Waals surface area contributed by atoms with Crippen molar-refractivity contribution in [3.63, 3.8) is 0 Å². The minimum atomic E-state index is 0.370. The first-order valence-electron chi connectivity index (χ1n) is 7.81. The van der Waals surface area contributed by atoms with Crippen molar-refractivity contribution in [3.05, 3.63) is 34.5 Å². The lowest BCUT2D eigenvalue weighted by Gasteiger charge is -2.32. The van der Waals surface area contributed by atoms with Gasteiger partial charge in [-0.1, -0.05) is 5.16 Å². The smallest absolute Gasteiger partial charge is 0.138 e. The largest absolute Gasteiger partial charge is 0.384 e. The first-order chi connectivity index (χ1) is 10.6. The van der Waals surface area contributed by atoms with E-state index in [1.807, 2.05) is 20.0 Å². The third-order valence-electron chi connectivity index (χ3n) is 4.50. The molecule has 120 valence electrons. The first kappa shape index (κ1) is 15.2. The Morgan fingerprint density at radius 3 is 2.86 bits per heavy atom. The van der Waals surface area contributed by atoms with Gasteiger partial charge in [-0.25, -0.2) is 0 Å². The molecule has 1 aliphatic rings. The molecule has 0 aliphatic carbocycles. The predicted molar refractivity (Wildman–Crippen MR) is 82.6 cm³/mol. The average Bonchev–Trinajstić information content (AvgIpc) is 3.06. The summed E-state index contributed by atoms with van der Waals surface area (Å²) in [4.78, 5) is 2.44. The van der Waals surface area contributed by atoms with Crippen LogP contribution in [0.2, 0.25) is 0 Å². The van der Waals surface area contributed by atoms with Gasteiger partial charge in [-0.05, 0) is 20.8 Å². The highest BCUT2D eigenvalue weighted by molar-refractivity contribution is 5.27. The molecule has 0 amide bonds. The maximum Gasteiger partial charge on any atom is 0.138 e. The van der Waals surface area contributed by atoms with Crippen LogP contribution in [0.4, 0.5) is 0 Å². The molecule has 0 saturated carbocycles. The highest BCUT2D eigenvalue weighted by Crippen LogP contribution is 2.30. The van der Waals surface area contributed by atoms with Gasteiger partial charge in [-0.3, -0.25) is 9.58 Å². The number of hydrogen-bond donors (Lipinski definition) is 0. The summed E-state index contributed by atoms with van der Waals surface area (Å²) in [6.07, 6.45) is 2.01. The number of rotatable bonds is 5. The molecular formula is C16H24N4O2. The van der Waals surface area contributed by atoms with Gasteiger partial charge in [-0.15, -0.1) is 0 Å². The zero-order chi connectivity index (χ0) is 15.7. The molecule has 3 heterocycles. The Bertz CT molecular complexity index is 627. The third-order valence-corrected chi connectivity index (χ3v) is 4.50. The molecule has 1 unspecified atom stereocenters. The van der Waals surface area contributed by atoms with Crippen molar-refractivity contribution in [1.29, 1.82) is 0 Å². The van der Waals surface area contributed by atoms with E-state index in [4.69, 9.17) is 9.26 Å². The number of nitrogens with zero attached hydrogens (tertiary/aromatic N) is 4. The van der Waals surface area contributed by atoms with Gasteiger partial charge in [-0.2, -0.15) is 5.10 Å². The van der Waals surface area contributed by atoms with E-state index in [1.54, 1.807) is 7.11 Å². The fraction of sp³-hybridized carbons (Fsp3) is 0.625. The predicted octanol–water partition coefficient (Wildman–Crippen LogP) is 2.25. The molecule has 0 N–H and O–H groups in total. The molecule has 2 aromatic heterocycles. The maximum absolute atomic E-state index is 5.42. The van der Waals surface area contributed by atoms with Crippen LogP contribution in [0.15, 0.2) is 10.7 Å². The normalized spacial score (nSPS) is 18.6. The van der Waals surface area contributed by atoms with Crippen LogP contribution in [0.25, 0.3) is 0 Å². The van der Waals surface area contributed by atoms with Gasteiger partial charge in [0.25, 0.3) is 0 Å². The Morgan fingerprint density at radius 2 is 2.23 bits per heavy atom. The summed E-state index contributed by atoms with van der Waals surface area (Å²) in [7, 11) is 1.76. The van der Waals surface area contributed by atoms with E-state index >= 15 is 0 Å². The van der Waals surface area contributed by atoms with Gasteiger partial charge < -0.3 is 9.26 Å². The lowest BCUT2D eigenvalue weighted by atomic mass is 9.95. The van der Waals surface area contributed by atoms with E-state index in [0.29, 0.717) is 5.92 Å². The van der Waals surface area contributed by atoms with Gasteiger partial charge in [0.15, 0.2) is 0 Å². The summed E-state index contributed by atoms with van der Waals surface area (Å²) in [6, 6.07) is 0. The van der Waals surface area contributed by atoms with Crippen molar-refractivity contribution in [2.75, 3.05) is 20.3 Å². The number of methoxy groups -OCH3 is 1. The van der Waals surface area contributed by atoms with Gasteiger partial charge >= 0.3 is 0 Å². The summed E-state index contributed by atoms with van der Waals surface area (Å²) in [6.45, 7) is 10.5. The van der Waals surface area contributed by atoms with Gasteiger partial charge in [0.1, 0.15) is 5.76 Å². The fourth-order valence-corrected chi connectivity index (χ4v) is 3.31. The van der Waals surface area contributed by atoms with Crippen molar-refractivity contribution < 1.29 is 9.26 Å². The Morgan fingerprint density at radius 1 is 1.41 bits per heavy atom. The second kappa shape index (κ2) is 6.22. The molecule has 2 aromatic rings. The molecule has 22 heavy (non-hydrogen) atoms. The second-order valence-electron chi connectivity index (χ2n) is 5.99. The highest BCUT2D eigenvalue weighted by atomic mass is 16.5. The van der Waals surface area contributed by atoms with Crippen LogP contribution in [0, 0.1) is 13.8 Å². The molecular weight excluding hydrogens is 280 g/mol. The Balaban J connectivity index is 1.86. The van der Waals surface area contributed by atoms with Crippen molar-refractivity contribution in [2.45, 2.75) is 46.3 Å². The van der Waals surface area contributed by atoms with Crippen LogP contribution >= 0.6 is 0 Å². The van der Waals surface area contributed by atoms with Crippen LogP contribution in [-0.4, -0.2) is 40.1 Å². The summed E-state index contributed by atoms with van der Waals surface area (Å²) in [5.41, 5.74) is 4.82. The molecule has 0 fully saturated rings. The van der Waals surface area contributed by atoms with E-state index < -0.39 is 0 Å². The minimum Gasteiger partial charge on any atom is -0.384 e. The second-order valence-corrected chi connectivity index (χ2v) is 5.99. The number of aryl methyl sites for hydroxylation is 3. The van der Waals surface area contributed by atoms with Gasteiger partial charge in [0.05, 0.1) is 24.2 Å². The number of ether oxygens (including phenoxy) is 1. The minimum absolute atomic E-state index is 0.370. The fourth-order valence-electron chi connectivity index (χ4n) is 3.31. The van der Waals surface area contributed by atoms with Crippen LogP contribution in [0.3, 0.4) is 0 Å². The summed E-state index contributed by atoms with van der Waals surface area (Å²) in [5, 5.41) is 8.58. The van der Waals surface area contributed by atoms with Crippen molar-refractivity contribution in [2.24, 2.45) is 0 Å². The quantitative estimate of drug-likeness (QED) is 0.848. The molecule has 3 rings (SSSR count). The molecule has 1 aliphatic heterocycles. The molecule has 0 radical (unpaired) electrons. The summed E-state index contributed by atoms with van der Waals surface area (Å²) >= 11 is 0. The zero-order valence-corrected chi connectivity index (χ0v) is 13.8. The molecule has 0 saturated heterocycles. The molecule has 6 heteroatoms. The lowest BCUT2D eigenvalue weighted by molar-refractivity contribution is 0.133. The monoisotopic (exact) mass is 304 g/mol. The zero-order valence-electron chi connectivity index (χ0n) is 13.8. The number of fused-ring (bicyclic) bond motifs is 1. The topological polar surface area (TPSA) is 56.3 Å². The lowest BCUT2D eigenvalue weighted by Crippen LogP contribution is -2.35. The van der Waals surface area contributed by atoms with Crippen molar-refractivity contribution in [1.82, 2.24) is 19.8 Å². The first-order valence-corrected chi connectivity index (χ1v) is 7.81. The molecule has 0 bridgehead atoms. The SMILES string of the molecule is CCn1ncc2c1CN(Cc1c(C)noc1C)CC2COC. The van der Waals surface area contributed by atoms with Crippen LogP contribution < -0.4 is 0 Å². The van der Waals surface area contributed by atoms with Gasteiger partial charge in [0.2, 0.25) is 0 Å². The van der Waals surface area contributed by atoms with E-state index in [0.717, 1.165) is 44.2 Å². The van der Waals surface area contributed by atoms with Crippen LogP contribution in [0.1, 0.15) is 41.1 Å². The molecule has 0 spiro atoms. The molecule has 1 atom stereocenters. The number of aromatic nitrogens is 3. The van der Waals surface area contributed by atoms with E-state index in [9.17, 15) is 0 Å². The van der Waals surface area contributed by atoms with E-state index in [2.05, 4.69) is 26.8 Å². The molecule has 6 nitrogen and oxygen atoms in total. The van der Waals surface area contributed by atoms with Crippen molar-refractivity contribution in [3.8, 4) is 0 Å². The Kier molecular flexibility index (Phi) is 4.31. The van der Waals surface area contributed by atoms with E-state index in [-0.39, 0.29) is 0 Å². The number of hydrogen-bond acceptors (Lipinski definition) is 5. The highest BCUT2D eigenvalue weighted by Gasteiger charge is 2.29. The Hall–Kier alpha value is -1.66. The van der Waals surface area contributed by atoms with Crippen LogP contribution in [0.5, 0.6) is 0 Å². The van der Waals surface area contributed by atoms with Crippen molar-refractivity contribution >= 4 is 0 Å². The van der Waals surface area contributed by atoms with Crippen LogP contribution in [-0.2, 0) is 24.4 Å². The Labute approximate surface area is 131 Å². The van der Waals surface area contributed by atoms with Gasteiger partial charge in [0, 0.05) is 50.3 Å². The molecule has 0 aromatic carbocycles. The maximum atomic E-state index is 5.42. The summed E-state index contributed by atoms with van der Waals surface area (Å²) in [5.74, 6) is 1.28. The summed E-state index contributed by atoms with van der Waals surface area (Å²) < 4.78 is 12.8. The van der Waals surface area contributed by atoms with E-state index in [1.165, 1.54) is 16.8 Å². The average molecular weight is 304 g/mol. The third kappa shape index (κ3) is 2.68. The standard InChI is InChI=1S/C16H24N4O2/c1-5-20-16-9-19(8-15-11(2)18-22-12(15)3)7-13(10-21-4)14(16)6-17-20/h6,13H,5,7-10H2,1-4H3.